The highest BCUT2D eigenvalue weighted by atomic mass is 35.5. The zero-order valence-electron chi connectivity index (χ0n) is 17.4. The van der Waals surface area contributed by atoms with Crippen molar-refractivity contribution in [3.8, 4) is 5.75 Å². The highest BCUT2D eigenvalue weighted by molar-refractivity contribution is 7.99. The quantitative estimate of drug-likeness (QED) is 0.407. The van der Waals surface area contributed by atoms with Crippen LogP contribution < -0.4 is 15.4 Å². The fourth-order valence-electron chi connectivity index (χ4n) is 2.87. The molecule has 1 atom stereocenters. The van der Waals surface area contributed by atoms with Gasteiger partial charge in [0.1, 0.15) is 11.8 Å². The molecule has 3 aromatic rings. The summed E-state index contributed by atoms with van der Waals surface area (Å²) in [5.74, 6) is 0.305. The average Bonchev–Trinajstić information content (AvgIpc) is 3.16. The van der Waals surface area contributed by atoms with Crippen molar-refractivity contribution in [3.63, 3.8) is 0 Å². The van der Waals surface area contributed by atoms with Gasteiger partial charge in [0.05, 0.1) is 25.2 Å². The summed E-state index contributed by atoms with van der Waals surface area (Å²) >= 11 is 7.15. The number of nitrogens with zero attached hydrogens (tertiary/aromatic N) is 3. The Hall–Kier alpha value is -3.08. The lowest BCUT2D eigenvalue weighted by Crippen LogP contribution is -2.32. The first kappa shape index (κ1) is 23.6. The number of aliphatic hydroxyl groups is 1. The van der Waals surface area contributed by atoms with E-state index in [2.05, 4.69) is 20.8 Å². The van der Waals surface area contributed by atoms with Crippen LogP contribution in [0.1, 0.15) is 22.2 Å². The van der Waals surface area contributed by atoms with E-state index in [1.807, 2.05) is 6.07 Å². The number of hydrogen-bond donors (Lipinski definition) is 3. The monoisotopic (exact) mass is 475 g/mol. The van der Waals surface area contributed by atoms with Gasteiger partial charge in [-0.25, -0.2) is 0 Å². The third kappa shape index (κ3) is 5.78. The molecular weight excluding hydrogens is 454 g/mol. The SMILES string of the molecule is COc1ccc(Cl)cc1NC(=O)CSc1nnc([C@@H](CO)NC(=O)c2ccccc2)n1C. The Morgan fingerprint density at radius 3 is 2.66 bits per heavy atom. The van der Waals surface area contributed by atoms with Crippen LogP contribution in [0.25, 0.3) is 0 Å². The van der Waals surface area contributed by atoms with Crippen molar-refractivity contribution in [2.45, 2.75) is 11.2 Å². The highest BCUT2D eigenvalue weighted by Crippen LogP contribution is 2.28. The Kier molecular flexibility index (Phi) is 8.09. The second-order valence-corrected chi connectivity index (χ2v) is 8.03. The largest absolute Gasteiger partial charge is 0.495 e. The van der Waals surface area contributed by atoms with Gasteiger partial charge in [-0.15, -0.1) is 10.2 Å². The average molecular weight is 476 g/mol. The Morgan fingerprint density at radius 2 is 1.97 bits per heavy atom. The summed E-state index contributed by atoms with van der Waals surface area (Å²) in [6, 6.07) is 12.9. The predicted octanol–water partition coefficient (Wildman–Crippen LogP) is 2.67. The van der Waals surface area contributed by atoms with Crippen molar-refractivity contribution in [3.05, 3.63) is 64.9 Å². The molecule has 168 valence electrons. The summed E-state index contributed by atoms with van der Waals surface area (Å²) in [4.78, 5) is 24.8. The smallest absolute Gasteiger partial charge is 0.251 e. The molecule has 0 spiro atoms. The first-order chi connectivity index (χ1) is 15.4. The Morgan fingerprint density at radius 1 is 1.22 bits per heavy atom. The van der Waals surface area contributed by atoms with E-state index in [1.54, 1.807) is 54.1 Å². The van der Waals surface area contributed by atoms with E-state index in [0.717, 1.165) is 0 Å². The summed E-state index contributed by atoms with van der Waals surface area (Å²) < 4.78 is 6.85. The van der Waals surface area contributed by atoms with Gasteiger partial charge in [0.2, 0.25) is 5.91 Å². The van der Waals surface area contributed by atoms with Crippen LogP contribution >= 0.6 is 23.4 Å². The van der Waals surface area contributed by atoms with E-state index in [4.69, 9.17) is 16.3 Å². The van der Waals surface area contributed by atoms with Gasteiger partial charge in [0.25, 0.3) is 5.91 Å². The molecule has 1 aromatic heterocycles. The number of hydrogen-bond acceptors (Lipinski definition) is 7. The lowest BCUT2D eigenvalue weighted by atomic mass is 10.2. The highest BCUT2D eigenvalue weighted by Gasteiger charge is 2.22. The zero-order valence-corrected chi connectivity index (χ0v) is 19.0. The molecule has 0 aliphatic rings. The van der Waals surface area contributed by atoms with Crippen LogP contribution in [0.5, 0.6) is 5.75 Å². The van der Waals surface area contributed by atoms with Crippen molar-refractivity contribution in [1.29, 1.82) is 0 Å². The van der Waals surface area contributed by atoms with Gasteiger partial charge in [0.15, 0.2) is 11.0 Å². The number of rotatable bonds is 9. The van der Waals surface area contributed by atoms with E-state index in [1.165, 1.54) is 18.9 Å². The minimum absolute atomic E-state index is 0.0573. The second-order valence-electron chi connectivity index (χ2n) is 6.66. The number of nitrogens with one attached hydrogen (secondary N) is 2. The summed E-state index contributed by atoms with van der Waals surface area (Å²) in [6.45, 7) is -0.357. The molecule has 3 rings (SSSR count). The Labute approximate surface area is 194 Å². The summed E-state index contributed by atoms with van der Waals surface area (Å²) in [6.07, 6.45) is 0. The lowest BCUT2D eigenvalue weighted by Gasteiger charge is -2.16. The molecule has 0 fully saturated rings. The summed E-state index contributed by atoms with van der Waals surface area (Å²) in [7, 11) is 3.20. The van der Waals surface area contributed by atoms with Crippen molar-refractivity contribution in [1.82, 2.24) is 20.1 Å². The van der Waals surface area contributed by atoms with Gasteiger partial charge in [-0.3, -0.25) is 9.59 Å². The van der Waals surface area contributed by atoms with Crippen LogP contribution in [0.15, 0.2) is 53.7 Å². The first-order valence-electron chi connectivity index (χ1n) is 9.55. The van der Waals surface area contributed by atoms with Gasteiger partial charge in [-0.2, -0.15) is 0 Å². The van der Waals surface area contributed by atoms with Gasteiger partial charge in [0, 0.05) is 17.6 Å². The third-order valence-corrected chi connectivity index (χ3v) is 5.73. The maximum absolute atomic E-state index is 12.4. The second kappa shape index (κ2) is 11.0. The van der Waals surface area contributed by atoms with Crippen LogP contribution in [0, 0.1) is 0 Å². The van der Waals surface area contributed by atoms with Crippen molar-refractivity contribution < 1.29 is 19.4 Å². The number of aliphatic hydroxyl groups excluding tert-OH is 1. The van der Waals surface area contributed by atoms with E-state index in [0.29, 0.717) is 33.0 Å². The Balaban J connectivity index is 1.63. The number of halogens is 1. The van der Waals surface area contributed by atoms with Crippen LogP contribution in [0.3, 0.4) is 0 Å². The molecule has 9 nitrogen and oxygen atoms in total. The fraction of sp³-hybridized carbons (Fsp3) is 0.238. The van der Waals surface area contributed by atoms with Gasteiger partial charge in [-0.1, -0.05) is 41.6 Å². The van der Waals surface area contributed by atoms with E-state index >= 15 is 0 Å². The van der Waals surface area contributed by atoms with Crippen LogP contribution in [-0.2, 0) is 11.8 Å². The van der Waals surface area contributed by atoms with Gasteiger partial charge in [-0.05, 0) is 30.3 Å². The molecular formula is C21H22ClN5O4S. The molecule has 3 N–H and O–H groups in total. The van der Waals surface area contributed by atoms with E-state index < -0.39 is 6.04 Å². The normalized spacial score (nSPS) is 11.6. The zero-order chi connectivity index (χ0) is 23.1. The van der Waals surface area contributed by atoms with Crippen LogP contribution in [0.2, 0.25) is 5.02 Å². The number of benzene rings is 2. The maximum atomic E-state index is 12.4. The lowest BCUT2D eigenvalue weighted by molar-refractivity contribution is -0.113. The van der Waals surface area contributed by atoms with Crippen LogP contribution in [0.4, 0.5) is 5.69 Å². The number of carbonyl (C=O) groups is 2. The molecule has 0 saturated carbocycles. The fourth-order valence-corrected chi connectivity index (χ4v) is 3.76. The molecule has 0 unspecified atom stereocenters. The standard InChI is InChI=1S/C21H22ClN5O4S/c1-27-19(16(11-28)24-20(30)13-6-4-3-5-7-13)25-26-21(27)32-12-18(29)23-15-10-14(22)8-9-17(15)31-2/h3-10,16,28H,11-12H2,1-2H3,(H,23,29)(H,24,30)/t16-/m1/s1. The number of methoxy groups -OCH3 is 1. The molecule has 0 aliphatic heterocycles. The molecule has 1 heterocycles. The van der Waals surface area contributed by atoms with Crippen molar-refractivity contribution in [2.75, 3.05) is 24.8 Å². The number of ether oxygens (including phenoxy) is 1. The molecule has 0 saturated heterocycles. The summed E-state index contributed by atoms with van der Waals surface area (Å²) in [5, 5.41) is 24.4. The molecule has 2 amide bonds. The Bertz CT molecular complexity index is 1090. The topological polar surface area (TPSA) is 118 Å². The van der Waals surface area contributed by atoms with Crippen molar-refractivity contribution >= 4 is 40.9 Å². The van der Waals surface area contributed by atoms with E-state index in [-0.39, 0.29) is 24.2 Å². The number of thioether (sulfide) groups is 1. The third-order valence-electron chi connectivity index (χ3n) is 4.47. The predicted molar refractivity (Wildman–Crippen MR) is 122 cm³/mol. The first-order valence-corrected chi connectivity index (χ1v) is 10.9. The number of carbonyl (C=O) groups excluding carboxylic acids is 2. The summed E-state index contributed by atoms with van der Waals surface area (Å²) in [5.41, 5.74) is 0.934. The van der Waals surface area contributed by atoms with Crippen LogP contribution in [-0.4, -0.2) is 51.2 Å². The molecule has 2 aromatic carbocycles. The van der Waals surface area contributed by atoms with Gasteiger partial charge >= 0.3 is 0 Å². The minimum atomic E-state index is -0.751. The number of anilines is 1. The molecule has 11 heteroatoms. The van der Waals surface area contributed by atoms with E-state index in [9.17, 15) is 14.7 Å². The minimum Gasteiger partial charge on any atom is -0.495 e. The molecule has 0 radical (unpaired) electrons. The molecule has 0 aliphatic carbocycles. The maximum Gasteiger partial charge on any atom is 0.251 e. The molecule has 32 heavy (non-hydrogen) atoms. The van der Waals surface area contributed by atoms with Gasteiger partial charge < -0.3 is 25.0 Å². The number of amides is 2. The number of aromatic nitrogens is 3. The van der Waals surface area contributed by atoms with Crippen molar-refractivity contribution in [2.24, 2.45) is 7.05 Å². The molecule has 0 bridgehead atoms.